The van der Waals surface area contributed by atoms with Gasteiger partial charge in [-0.2, -0.15) is 0 Å². The predicted octanol–water partition coefficient (Wildman–Crippen LogP) is 5.45. The first kappa shape index (κ1) is 11.2. The van der Waals surface area contributed by atoms with E-state index in [1.807, 2.05) is 0 Å². The van der Waals surface area contributed by atoms with Crippen LogP contribution in [0, 0.1) is 0 Å². The number of hydrogen-bond donors (Lipinski definition) is 1. The van der Waals surface area contributed by atoms with Crippen LogP contribution in [0.3, 0.4) is 0 Å². The molecule has 1 N–H and O–H groups in total. The van der Waals surface area contributed by atoms with Crippen LogP contribution in [0.15, 0.2) is 60.7 Å². The van der Waals surface area contributed by atoms with Crippen LogP contribution >= 0.6 is 0 Å². The summed E-state index contributed by atoms with van der Waals surface area (Å²) in [7, 11) is 0. The Bertz CT molecular complexity index is 1010. The molecule has 1 unspecified atom stereocenters. The molecule has 0 saturated carbocycles. The summed E-state index contributed by atoms with van der Waals surface area (Å²) in [6.07, 6.45) is 0. The van der Waals surface area contributed by atoms with E-state index in [9.17, 15) is 0 Å². The van der Waals surface area contributed by atoms with Crippen LogP contribution in [0.25, 0.3) is 32.9 Å². The summed E-state index contributed by atoms with van der Waals surface area (Å²) in [5.74, 6) is 0.479. The monoisotopic (exact) mass is 269 g/mol. The van der Waals surface area contributed by atoms with Crippen molar-refractivity contribution in [2.24, 2.45) is 0 Å². The van der Waals surface area contributed by atoms with Crippen LogP contribution in [0.5, 0.6) is 0 Å². The van der Waals surface area contributed by atoms with Crippen molar-refractivity contribution in [2.45, 2.75) is 12.8 Å². The van der Waals surface area contributed by atoms with Crippen LogP contribution in [0.2, 0.25) is 0 Å². The van der Waals surface area contributed by atoms with E-state index in [0.29, 0.717) is 5.92 Å². The molecule has 1 atom stereocenters. The summed E-state index contributed by atoms with van der Waals surface area (Å²) in [5.41, 5.74) is 8.15. The molecule has 1 heteroatoms. The van der Waals surface area contributed by atoms with Crippen molar-refractivity contribution in [2.75, 3.05) is 0 Å². The second kappa shape index (κ2) is 3.76. The van der Waals surface area contributed by atoms with Gasteiger partial charge in [0, 0.05) is 27.7 Å². The maximum Gasteiger partial charge on any atom is 0.0468 e. The molecule has 0 spiro atoms. The molecule has 0 fully saturated rings. The van der Waals surface area contributed by atoms with E-state index in [2.05, 4.69) is 72.6 Å². The van der Waals surface area contributed by atoms with Gasteiger partial charge in [-0.15, -0.1) is 0 Å². The number of nitrogens with one attached hydrogen (secondary N) is 1. The number of aromatic nitrogens is 1. The van der Waals surface area contributed by atoms with E-state index in [4.69, 9.17) is 0 Å². The Morgan fingerprint density at radius 1 is 0.714 bits per heavy atom. The minimum atomic E-state index is 0.479. The Hall–Kier alpha value is -2.54. The van der Waals surface area contributed by atoms with E-state index in [-0.39, 0.29) is 0 Å². The van der Waals surface area contributed by atoms with E-state index >= 15 is 0 Å². The molecule has 0 bridgehead atoms. The van der Waals surface area contributed by atoms with Gasteiger partial charge in [0.05, 0.1) is 0 Å². The third kappa shape index (κ3) is 1.36. The Morgan fingerprint density at radius 2 is 1.52 bits per heavy atom. The zero-order valence-corrected chi connectivity index (χ0v) is 11.9. The van der Waals surface area contributed by atoms with E-state index in [0.717, 1.165) is 0 Å². The van der Waals surface area contributed by atoms with Crippen molar-refractivity contribution >= 4 is 21.8 Å². The third-order valence-electron chi connectivity index (χ3n) is 4.86. The van der Waals surface area contributed by atoms with Gasteiger partial charge in [0.2, 0.25) is 0 Å². The van der Waals surface area contributed by atoms with Crippen molar-refractivity contribution in [3.63, 3.8) is 0 Å². The number of benzene rings is 3. The van der Waals surface area contributed by atoms with Crippen LogP contribution in [-0.4, -0.2) is 4.98 Å². The van der Waals surface area contributed by atoms with Crippen molar-refractivity contribution in [1.82, 2.24) is 4.98 Å². The molecular formula is C20H15N. The van der Waals surface area contributed by atoms with Gasteiger partial charge in [0.1, 0.15) is 0 Å². The Kier molecular flexibility index (Phi) is 2.00. The first-order chi connectivity index (χ1) is 10.3. The lowest BCUT2D eigenvalue weighted by atomic mass is 9.98. The Morgan fingerprint density at radius 3 is 2.48 bits per heavy atom. The van der Waals surface area contributed by atoms with Crippen molar-refractivity contribution in [3.05, 3.63) is 71.8 Å². The van der Waals surface area contributed by atoms with Gasteiger partial charge in [-0.25, -0.2) is 0 Å². The Balaban J connectivity index is 1.93. The summed E-state index contributed by atoms with van der Waals surface area (Å²) in [6.45, 7) is 2.30. The molecule has 21 heavy (non-hydrogen) atoms. The smallest absolute Gasteiger partial charge is 0.0468 e. The fourth-order valence-corrected chi connectivity index (χ4v) is 3.79. The van der Waals surface area contributed by atoms with Crippen LogP contribution in [0.4, 0.5) is 0 Å². The second-order valence-electron chi connectivity index (χ2n) is 5.96. The van der Waals surface area contributed by atoms with E-state index < -0.39 is 0 Å². The molecular weight excluding hydrogens is 254 g/mol. The van der Waals surface area contributed by atoms with Crippen molar-refractivity contribution in [3.8, 4) is 11.1 Å². The molecule has 1 nitrogen and oxygen atoms in total. The second-order valence-corrected chi connectivity index (χ2v) is 5.96. The van der Waals surface area contributed by atoms with Crippen molar-refractivity contribution in [1.29, 1.82) is 0 Å². The van der Waals surface area contributed by atoms with Crippen LogP contribution in [-0.2, 0) is 0 Å². The summed E-state index contributed by atoms with van der Waals surface area (Å²) in [5, 5.41) is 2.64. The standard InChI is InChI=1S/C20H15N/c1-12-13-6-2-3-7-14(13)17-10-18-15-8-4-5-9-19(15)21-20(18)11-16(12)17/h2-12,21H,1H3. The summed E-state index contributed by atoms with van der Waals surface area (Å²) in [4.78, 5) is 3.56. The molecule has 0 amide bonds. The highest BCUT2D eigenvalue weighted by atomic mass is 14.7. The average Bonchev–Trinajstić information content (AvgIpc) is 3.02. The fraction of sp³-hybridized carbons (Fsp3) is 0.100. The average molecular weight is 269 g/mol. The molecule has 5 rings (SSSR count). The molecule has 100 valence electrons. The number of rotatable bonds is 0. The molecule has 4 aromatic rings. The van der Waals surface area contributed by atoms with Crippen molar-refractivity contribution < 1.29 is 0 Å². The van der Waals surface area contributed by atoms with Crippen LogP contribution in [0.1, 0.15) is 24.0 Å². The lowest BCUT2D eigenvalue weighted by Crippen LogP contribution is -1.88. The molecule has 3 aromatic carbocycles. The highest BCUT2D eigenvalue weighted by molar-refractivity contribution is 6.09. The van der Waals surface area contributed by atoms with Gasteiger partial charge in [-0.1, -0.05) is 49.4 Å². The summed E-state index contributed by atoms with van der Waals surface area (Å²) >= 11 is 0. The van der Waals surface area contributed by atoms with Gasteiger partial charge in [-0.3, -0.25) is 0 Å². The van der Waals surface area contributed by atoms with E-state index in [1.54, 1.807) is 0 Å². The van der Waals surface area contributed by atoms with Gasteiger partial charge in [0.15, 0.2) is 0 Å². The fourth-order valence-electron chi connectivity index (χ4n) is 3.79. The number of hydrogen-bond acceptors (Lipinski definition) is 0. The number of aromatic amines is 1. The number of H-pyrrole nitrogens is 1. The van der Waals surface area contributed by atoms with Gasteiger partial charge in [0.25, 0.3) is 0 Å². The minimum Gasteiger partial charge on any atom is -0.355 e. The zero-order valence-electron chi connectivity index (χ0n) is 11.9. The molecule has 1 aliphatic carbocycles. The minimum absolute atomic E-state index is 0.479. The molecule has 0 saturated heterocycles. The number of para-hydroxylation sites is 1. The normalized spacial score (nSPS) is 16.3. The highest BCUT2D eigenvalue weighted by Crippen LogP contribution is 2.46. The van der Waals surface area contributed by atoms with Gasteiger partial charge < -0.3 is 4.98 Å². The van der Waals surface area contributed by atoms with Crippen LogP contribution < -0.4 is 0 Å². The Labute approximate surface area is 123 Å². The first-order valence-electron chi connectivity index (χ1n) is 7.46. The molecule has 0 aliphatic heterocycles. The van der Waals surface area contributed by atoms with Gasteiger partial charge >= 0.3 is 0 Å². The van der Waals surface area contributed by atoms with E-state index in [1.165, 1.54) is 44.1 Å². The lowest BCUT2D eigenvalue weighted by Gasteiger charge is -2.05. The lowest BCUT2D eigenvalue weighted by molar-refractivity contribution is 0.958. The summed E-state index contributed by atoms with van der Waals surface area (Å²) in [6, 6.07) is 22.0. The molecule has 1 aromatic heterocycles. The quantitative estimate of drug-likeness (QED) is 0.436. The number of fused-ring (bicyclic) bond motifs is 6. The van der Waals surface area contributed by atoms with Gasteiger partial charge in [-0.05, 0) is 40.5 Å². The third-order valence-corrected chi connectivity index (χ3v) is 4.86. The summed E-state index contributed by atoms with van der Waals surface area (Å²) < 4.78 is 0. The SMILES string of the molecule is CC1c2ccccc2-c2cc3c(cc21)[nH]c1ccccc13. The first-order valence-corrected chi connectivity index (χ1v) is 7.46. The molecule has 0 radical (unpaired) electrons. The molecule has 1 aliphatic rings. The maximum atomic E-state index is 3.56. The topological polar surface area (TPSA) is 15.8 Å². The zero-order chi connectivity index (χ0) is 14.0. The largest absolute Gasteiger partial charge is 0.355 e. The highest BCUT2D eigenvalue weighted by Gasteiger charge is 2.25. The molecule has 1 heterocycles. The predicted molar refractivity (Wildman–Crippen MR) is 88.8 cm³/mol. The maximum absolute atomic E-state index is 3.56.